The van der Waals surface area contributed by atoms with Crippen LogP contribution in [0, 0.1) is 5.82 Å². The smallest absolute Gasteiger partial charge is 0.337 e. The van der Waals surface area contributed by atoms with Gasteiger partial charge in [0.15, 0.2) is 0 Å². The fourth-order valence-electron chi connectivity index (χ4n) is 3.51. The van der Waals surface area contributed by atoms with Gasteiger partial charge in [-0.3, -0.25) is 9.59 Å². The minimum absolute atomic E-state index is 0.0904. The average Bonchev–Trinajstić information content (AvgIpc) is 2.85. The van der Waals surface area contributed by atoms with Gasteiger partial charge in [0, 0.05) is 18.4 Å². The maximum atomic E-state index is 14.4. The lowest BCUT2D eigenvalue weighted by molar-refractivity contribution is 0.0600. The van der Waals surface area contributed by atoms with Crippen LogP contribution in [-0.2, 0) is 17.7 Å². The number of esters is 1. The summed E-state index contributed by atoms with van der Waals surface area (Å²) in [6.45, 7) is 0.163. The maximum absolute atomic E-state index is 14.4. The fourth-order valence-corrected chi connectivity index (χ4v) is 3.51. The Morgan fingerprint density at radius 1 is 1.00 bits per heavy atom. The topological polar surface area (TPSA) is 101 Å². The monoisotopic (exact) mass is 445 g/mol. The van der Waals surface area contributed by atoms with Gasteiger partial charge in [-0.15, -0.1) is 0 Å². The van der Waals surface area contributed by atoms with Gasteiger partial charge in [-0.25, -0.2) is 14.3 Å². The molecule has 7 nitrogen and oxygen atoms in total. The van der Waals surface area contributed by atoms with Crippen molar-refractivity contribution in [3.8, 4) is 0 Å². The van der Waals surface area contributed by atoms with E-state index in [9.17, 15) is 18.8 Å². The van der Waals surface area contributed by atoms with Gasteiger partial charge in [0.2, 0.25) is 0 Å². The largest absolute Gasteiger partial charge is 0.465 e. The van der Waals surface area contributed by atoms with Crippen LogP contribution in [0.1, 0.15) is 37.5 Å². The summed E-state index contributed by atoms with van der Waals surface area (Å²) in [6.07, 6.45) is 0.312. The lowest BCUT2D eigenvalue weighted by atomic mass is 10.0. The van der Waals surface area contributed by atoms with E-state index in [2.05, 4.69) is 20.3 Å². The van der Waals surface area contributed by atoms with Gasteiger partial charge in [0.25, 0.3) is 11.5 Å². The molecule has 0 atom stereocenters. The minimum Gasteiger partial charge on any atom is -0.465 e. The number of ether oxygens (including phenoxy) is 1. The molecule has 0 unspecified atom stereocenters. The van der Waals surface area contributed by atoms with Crippen molar-refractivity contribution in [1.82, 2.24) is 15.5 Å². The second-order valence-electron chi connectivity index (χ2n) is 7.41. The van der Waals surface area contributed by atoms with Crippen molar-refractivity contribution in [2.24, 2.45) is 0 Å². The molecule has 0 radical (unpaired) electrons. The lowest BCUT2D eigenvalue weighted by Crippen LogP contribution is -2.24. The van der Waals surface area contributed by atoms with E-state index in [1.807, 2.05) is 6.07 Å². The number of fused-ring (bicyclic) bond motifs is 1. The molecule has 4 aromatic rings. The first-order valence-corrected chi connectivity index (χ1v) is 10.2. The van der Waals surface area contributed by atoms with E-state index < -0.39 is 17.7 Å². The highest BCUT2D eigenvalue weighted by Crippen LogP contribution is 2.18. The number of aromatic amines is 1. The molecule has 0 bridgehead atoms. The molecule has 0 saturated carbocycles. The predicted molar refractivity (Wildman–Crippen MR) is 121 cm³/mol. The number of methoxy groups -OCH3 is 1. The first kappa shape index (κ1) is 21.9. The highest BCUT2D eigenvalue weighted by atomic mass is 19.1. The first-order chi connectivity index (χ1) is 16.0. The SMILES string of the molecule is COC(=O)c1ccc(CNC(=O)c2cc(Cc3n[nH]c(=O)c4ccccc34)ccc2F)cc1. The lowest BCUT2D eigenvalue weighted by Gasteiger charge is -2.10. The van der Waals surface area contributed by atoms with E-state index in [0.717, 1.165) is 5.56 Å². The molecular weight excluding hydrogens is 425 g/mol. The molecule has 33 heavy (non-hydrogen) atoms. The third-order valence-corrected chi connectivity index (χ3v) is 5.25. The molecule has 0 aliphatic rings. The van der Waals surface area contributed by atoms with E-state index in [4.69, 9.17) is 0 Å². The van der Waals surface area contributed by atoms with Gasteiger partial charge < -0.3 is 10.1 Å². The number of nitrogens with zero attached hydrogens (tertiary/aromatic N) is 1. The van der Waals surface area contributed by atoms with Crippen LogP contribution in [0.4, 0.5) is 4.39 Å². The van der Waals surface area contributed by atoms with Crippen molar-refractivity contribution < 1.29 is 18.7 Å². The molecule has 1 aromatic heterocycles. The second kappa shape index (κ2) is 9.44. The molecule has 2 N–H and O–H groups in total. The summed E-state index contributed by atoms with van der Waals surface area (Å²) in [5, 5.41) is 10.5. The summed E-state index contributed by atoms with van der Waals surface area (Å²) < 4.78 is 19.1. The molecule has 8 heteroatoms. The number of hydrogen-bond donors (Lipinski definition) is 2. The minimum atomic E-state index is -0.642. The Kier molecular flexibility index (Phi) is 6.26. The Bertz CT molecular complexity index is 1400. The van der Waals surface area contributed by atoms with Gasteiger partial charge in [0.1, 0.15) is 5.82 Å². The van der Waals surface area contributed by atoms with E-state index in [0.29, 0.717) is 34.0 Å². The van der Waals surface area contributed by atoms with Crippen LogP contribution >= 0.6 is 0 Å². The standard InChI is InChI=1S/C25H20FN3O4/c1-33-25(32)17-9-6-15(7-10-17)14-27-23(30)20-12-16(8-11-21(20)26)13-22-18-4-2-3-5-19(18)24(31)29-28-22/h2-12H,13-14H2,1H3,(H,27,30)(H,29,31). The van der Waals surface area contributed by atoms with Crippen LogP contribution in [0.5, 0.6) is 0 Å². The summed E-state index contributed by atoms with van der Waals surface area (Å²) in [7, 11) is 1.30. The number of benzene rings is 3. The molecule has 0 aliphatic heterocycles. The Hall–Kier alpha value is -4.33. The van der Waals surface area contributed by atoms with E-state index in [1.165, 1.54) is 19.2 Å². The summed E-state index contributed by atoms with van der Waals surface area (Å²) in [6, 6.07) is 18.0. The molecular formula is C25H20FN3O4. The highest BCUT2D eigenvalue weighted by molar-refractivity contribution is 5.94. The highest BCUT2D eigenvalue weighted by Gasteiger charge is 2.14. The molecule has 4 rings (SSSR count). The number of hydrogen-bond acceptors (Lipinski definition) is 5. The van der Waals surface area contributed by atoms with Crippen molar-refractivity contribution >= 4 is 22.6 Å². The molecule has 1 amide bonds. The van der Waals surface area contributed by atoms with E-state index >= 15 is 0 Å². The van der Waals surface area contributed by atoms with Gasteiger partial charge in [0.05, 0.1) is 29.3 Å². The summed E-state index contributed by atoms with van der Waals surface area (Å²) >= 11 is 0. The van der Waals surface area contributed by atoms with Gasteiger partial charge in [-0.1, -0.05) is 36.4 Å². The Morgan fingerprint density at radius 2 is 1.70 bits per heavy atom. The molecule has 3 aromatic carbocycles. The van der Waals surface area contributed by atoms with Crippen LogP contribution in [-0.4, -0.2) is 29.2 Å². The van der Waals surface area contributed by atoms with Crippen molar-refractivity contribution in [2.75, 3.05) is 7.11 Å². The maximum Gasteiger partial charge on any atom is 0.337 e. The zero-order valence-electron chi connectivity index (χ0n) is 17.7. The Balaban J connectivity index is 1.50. The van der Waals surface area contributed by atoms with E-state index in [1.54, 1.807) is 48.5 Å². The Labute approximate surface area is 188 Å². The Morgan fingerprint density at radius 3 is 2.42 bits per heavy atom. The zero-order chi connectivity index (χ0) is 23.4. The number of carbonyl (C=O) groups excluding carboxylic acids is 2. The third-order valence-electron chi connectivity index (χ3n) is 5.25. The van der Waals surface area contributed by atoms with Gasteiger partial charge in [-0.05, 0) is 41.5 Å². The number of H-pyrrole nitrogens is 1. The van der Waals surface area contributed by atoms with Crippen molar-refractivity contribution in [3.05, 3.63) is 111 Å². The van der Waals surface area contributed by atoms with Crippen LogP contribution < -0.4 is 10.9 Å². The summed E-state index contributed by atoms with van der Waals surface area (Å²) in [4.78, 5) is 36.1. The zero-order valence-corrected chi connectivity index (χ0v) is 17.7. The van der Waals surface area contributed by atoms with Crippen molar-refractivity contribution in [1.29, 1.82) is 0 Å². The molecule has 0 saturated heterocycles. The number of halogens is 1. The van der Waals surface area contributed by atoms with Crippen molar-refractivity contribution in [2.45, 2.75) is 13.0 Å². The number of nitrogens with one attached hydrogen (secondary N) is 2. The second-order valence-corrected chi connectivity index (χ2v) is 7.41. The third kappa shape index (κ3) is 4.79. The number of carbonyl (C=O) groups is 2. The first-order valence-electron chi connectivity index (χ1n) is 10.2. The van der Waals surface area contributed by atoms with Crippen LogP contribution in [0.2, 0.25) is 0 Å². The fraction of sp³-hybridized carbons (Fsp3) is 0.120. The molecule has 1 heterocycles. The average molecular weight is 445 g/mol. The van der Waals surface area contributed by atoms with Gasteiger partial charge in [-0.2, -0.15) is 5.10 Å². The normalized spacial score (nSPS) is 10.7. The molecule has 0 fully saturated rings. The molecule has 166 valence electrons. The number of aromatic nitrogens is 2. The molecule has 0 spiro atoms. The van der Waals surface area contributed by atoms with Crippen LogP contribution in [0.15, 0.2) is 71.5 Å². The molecule has 0 aliphatic carbocycles. The summed E-state index contributed by atoms with van der Waals surface area (Å²) in [5.74, 6) is -1.66. The summed E-state index contributed by atoms with van der Waals surface area (Å²) in [5.41, 5.74) is 2.06. The van der Waals surface area contributed by atoms with Gasteiger partial charge >= 0.3 is 5.97 Å². The van der Waals surface area contributed by atoms with Crippen LogP contribution in [0.3, 0.4) is 0 Å². The number of rotatable bonds is 6. The van der Waals surface area contributed by atoms with Crippen LogP contribution in [0.25, 0.3) is 10.8 Å². The van der Waals surface area contributed by atoms with E-state index in [-0.39, 0.29) is 17.7 Å². The quantitative estimate of drug-likeness (QED) is 0.443. The predicted octanol–water partition coefficient (Wildman–Crippen LogP) is 3.37. The number of amides is 1. The van der Waals surface area contributed by atoms with Crippen molar-refractivity contribution in [3.63, 3.8) is 0 Å².